The molecule has 1 heterocycles. The molecule has 12 heteroatoms. The van der Waals surface area contributed by atoms with Crippen molar-refractivity contribution >= 4 is 23.4 Å². The van der Waals surface area contributed by atoms with E-state index in [1.165, 1.54) is 24.3 Å². The molecule has 0 fully saturated rings. The number of aromatic nitrogens is 2. The van der Waals surface area contributed by atoms with Gasteiger partial charge in [-0.05, 0) is 24.3 Å². The molecule has 26 heavy (non-hydrogen) atoms. The van der Waals surface area contributed by atoms with Crippen LogP contribution in [0.15, 0.2) is 30.3 Å². The standard InChI is InChI=1S/C14H11F5N4O3/c15-12(16)26-8-3-1-7(2-4-8)21-10-5-9(14(17,18)19)22-13(23-10)20-6-11(24)25/h1-5,12H,6H2,(H,24,25)(H2,20,21,22,23). The lowest BCUT2D eigenvalue weighted by Crippen LogP contribution is -2.17. The van der Waals surface area contributed by atoms with E-state index in [0.29, 0.717) is 6.07 Å². The van der Waals surface area contributed by atoms with Crippen molar-refractivity contribution in [2.45, 2.75) is 12.8 Å². The molecule has 140 valence electrons. The highest BCUT2D eigenvalue weighted by Gasteiger charge is 2.33. The molecule has 0 spiro atoms. The molecule has 2 aromatic rings. The highest BCUT2D eigenvalue weighted by Crippen LogP contribution is 2.30. The van der Waals surface area contributed by atoms with Gasteiger partial charge in [0.05, 0.1) is 0 Å². The Morgan fingerprint density at radius 1 is 1.19 bits per heavy atom. The number of carbonyl (C=O) groups is 1. The highest BCUT2D eigenvalue weighted by atomic mass is 19.4. The lowest BCUT2D eigenvalue weighted by Gasteiger charge is -2.12. The molecule has 0 atom stereocenters. The Morgan fingerprint density at radius 2 is 1.85 bits per heavy atom. The maximum atomic E-state index is 12.9. The number of anilines is 3. The summed E-state index contributed by atoms with van der Waals surface area (Å²) in [5.74, 6) is -2.26. The van der Waals surface area contributed by atoms with Crippen molar-refractivity contribution < 1.29 is 36.6 Å². The van der Waals surface area contributed by atoms with Crippen molar-refractivity contribution in [2.24, 2.45) is 0 Å². The topological polar surface area (TPSA) is 96.4 Å². The van der Waals surface area contributed by atoms with E-state index in [1.54, 1.807) is 0 Å². The maximum absolute atomic E-state index is 12.9. The average molecular weight is 378 g/mol. The summed E-state index contributed by atoms with van der Waals surface area (Å²) in [7, 11) is 0. The number of hydrogen-bond donors (Lipinski definition) is 3. The van der Waals surface area contributed by atoms with E-state index in [9.17, 15) is 26.7 Å². The zero-order valence-corrected chi connectivity index (χ0v) is 12.7. The summed E-state index contributed by atoms with van der Waals surface area (Å²) in [5, 5.41) is 13.3. The van der Waals surface area contributed by atoms with Crippen molar-refractivity contribution in [3.63, 3.8) is 0 Å². The number of aliphatic carboxylic acids is 1. The summed E-state index contributed by atoms with van der Waals surface area (Å²) in [6.07, 6.45) is -4.78. The monoisotopic (exact) mass is 378 g/mol. The summed E-state index contributed by atoms with van der Waals surface area (Å²) in [6.45, 7) is -3.69. The van der Waals surface area contributed by atoms with Gasteiger partial charge in [0.2, 0.25) is 5.95 Å². The molecule has 3 N–H and O–H groups in total. The van der Waals surface area contributed by atoms with Gasteiger partial charge in [-0.1, -0.05) is 0 Å². The molecular weight excluding hydrogens is 367 g/mol. The number of halogens is 5. The second-order valence-electron chi connectivity index (χ2n) is 4.73. The highest BCUT2D eigenvalue weighted by molar-refractivity contribution is 5.72. The molecule has 2 rings (SSSR count). The third-order valence-corrected chi connectivity index (χ3v) is 2.77. The van der Waals surface area contributed by atoms with Gasteiger partial charge in [0.25, 0.3) is 0 Å². The minimum Gasteiger partial charge on any atom is -0.480 e. The fourth-order valence-corrected chi connectivity index (χ4v) is 1.76. The van der Waals surface area contributed by atoms with Crippen LogP contribution in [0.3, 0.4) is 0 Å². The van der Waals surface area contributed by atoms with Crippen molar-refractivity contribution in [1.82, 2.24) is 9.97 Å². The number of nitrogens with one attached hydrogen (secondary N) is 2. The smallest absolute Gasteiger partial charge is 0.433 e. The Morgan fingerprint density at radius 3 is 2.38 bits per heavy atom. The van der Waals surface area contributed by atoms with E-state index in [1.807, 2.05) is 0 Å². The van der Waals surface area contributed by atoms with Crippen LogP contribution in [0.4, 0.5) is 39.4 Å². The zero-order valence-electron chi connectivity index (χ0n) is 12.7. The van der Waals surface area contributed by atoms with Crippen LogP contribution in [0.25, 0.3) is 0 Å². The van der Waals surface area contributed by atoms with Crippen LogP contribution in [0.1, 0.15) is 5.69 Å². The fourth-order valence-electron chi connectivity index (χ4n) is 1.76. The van der Waals surface area contributed by atoms with Gasteiger partial charge < -0.3 is 20.5 Å². The number of carboxylic acid groups (broad SMARTS) is 1. The largest absolute Gasteiger partial charge is 0.480 e. The Bertz CT molecular complexity index is 768. The van der Waals surface area contributed by atoms with E-state index in [2.05, 4.69) is 25.3 Å². The molecule has 0 radical (unpaired) electrons. The Kier molecular flexibility index (Phi) is 5.75. The number of benzene rings is 1. The first-order valence-corrected chi connectivity index (χ1v) is 6.87. The summed E-state index contributed by atoms with van der Waals surface area (Å²) in [6, 6.07) is 5.57. The molecule has 1 aromatic heterocycles. The molecule has 0 saturated carbocycles. The molecule has 1 aromatic carbocycles. The van der Waals surface area contributed by atoms with Crippen LogP contribution in [0, 0.1) is 0 Å². The minimum absolute atomic E-state index is 0.131. The van der Waals surface area contributed by atoms with E-state index in [-0.39, 0.29) is 17.3 Å². The van der Waals surface area contributed by atoms with Gasteiger partial charge >= 0.3 is 18.8 Å². The van der Waals surface area contributed by atoms with Crippen LogP contribution >= 0.6 is 0 Å². The van der Waals surface area contributed by atoms with Gasteiger partial charge in [-0.2, -0.15) is 26.9 Å². The minimum atomic E-state index is -4.78. The number of ether oxygens (including phenoxy) is 1. The molecular formula is C14H11F5N4O3. The quantitative estimate of drug-likeness (QED) is 0.636. The molecule has 0 aliphatic rings. The van der Waals surface area contributed by atoms with Crippen molar-refractivity contribution in [1.29, 1.82) is 0 Å². The molecule has 7 nitrogen and oxygen atoms in total. The first-order chi connectivity index (χ1) is 12.1. The third kappa shape index (κ3) is 5.72. The van der Waals surface area contributed by atoms with Crippen LogP contribution in [0.5, 0.6) is 5.75 Å². The second-order valence-corrected chi connectivity index (χ2v) is 4.73. The van der Waals surface area contributed by atoms with E-state index in [0.717, 1.165) is 0 Å². The zero-order chi connectivity index (χ0) is 19.3. The van der Waals surface area contributed by atoms with E-state index < -0.39 is 36.9 Å². The Labute approximate surface area is 142 Å². The van der Waals surface area contributed by atoms with Crippen LogP contribution in [0.2, 0.25) is 0 Å². The molecule has 0 saturated heterocycles. The Hall–Kier alpha value is -3.18. The molecule has 0 amide bonds. The number of hydrogen-bond acceptors (Lipinski definition) is 6. The number of carboxylic acids is 1. The van der Waals surface area contributed by atoms with Gasteiger partial charge in [0.1, 0.15) is 18.1 Å². The predicted octanol–water partition coefficient (Wildman–Crippen LogP) is 3.34. The Balaban J connectivity index is 2.23. The van der Waals surface area contributed by atoms with Crippen LogP contribution in [-0.4, -0.2) is 34.2 Å². The van der Waals surface area contributed by atoms with E-state index in [4.69, 9.17) is 5.11 Å². The normalized spacial score (nSPS) is 11.3. The maximum Gasteiger partial charge on any atom is 0.433 e. The number of alkyl halides is 5. The lowest BCUT2D eigenvalue weighted by atomic mass is 10.3. The second kappa shape index (κ2) is 7.80. The average Bonchev–Trinajstić information content (AvgIpc) is 2.53. The summed E-state index contributed by atoms with van der Waals surface area (Å²) < 4.78 is 67.1. The number of nitrogens with zero attached hydrogens (tertiary/aromatic N) is 2. The summed E-state index contributed by atoms with van der Waals surface area (Å²) in [4.78, 5) is 17.5. The summed E-state index contributed by atoms with van der Waals surface area (Å²) >= 11 is 0. The predicted molar refractivity (Wildman–Crippen MR) is 79.5 cm³/mol. The first-order valence-electron chi connectivity index (χ1n) is 6.87. The van der Waals surface area contributed by atoms with Crippen LogP contribution in [-0.2, 0) is 11.0 Å². The SMILES string of the molecule is O=C(O)CNc1nc(Nc2ccc(OC(F)F)cc2)cc(C(F)(F)F)n1. The van der Waals surface area contributed by atoms with Crippen molar-refractivity contribution in [2.75, 3.05) is 17.2 Å². The molecule has 0 unspecified atom stereocenters. The molecule has 0 aliphatic carbocycles. The molecule has 0 bridgehead atoms. The number of rotatable bonds is 7. The fraction of sp³-hybridized carbons (Fsp3) is 0.214. The van der Waals surface area contributed by atoms with Gasteiger partial charge in [-0.3, -0.25) is 4.79 Å². The first kappa shape index (κ1) is 19.1. The van der Waals surface area contributed by atoms with Gasteiger partial charge in [-0.25, -0.2) is 4.98 Å². The molecule has 0 aliphatic heterocycles. The lowest BCUT2D eigenvalue weighted by molar-refractivity contribution is -0.141. The van der Waals surface area contributed by atoms with E-state index >= 15 is 0 Å². The van der Waals surface area contributed by atoms with Gasteiger partial charge in [-0.15, -0.1) is 0 Å². The van der Waals surface area contributed by atoms with Gasteiger partial charge in [0, 0.05) is 11.8 Å². The van der Waals surface area contributed by atoms with Crippen molar-refractivity contribution in [3.8, 4) is 5.75 Å². The van der Waals surface area contributed by atoms with Gasteiger partial charge in [0.15, 0.2) is 5.69 Å². The van der Waals surface area contributed by atoms with Crippen molar-refractivity contribution in [3.05, 3.63) is 36.0 Å². The summed E-state index contributed by atoms with van der Waals surface area (Å²) in [5.41, 5.74) is -1.05. The van der Waals surface area contributed by atoms with Crippen LogP contribution < -0.4 is 15.4 Å². The third-order valence-electron chi connectivity index (χ3n) is 2.77.